The minimum absolute atomic E-state index is 0.108. The van der Waals surface area contributed by atoms with Gasteiger partial charge in [-0.3, -0.25) is 37.3 Å². The fraction of sp³-hybridized carbons (Fsp3) is 0.947. The van der Waals surface area contributed by atoms with E-state index < -0.39 is 97.5 Å². The van der Waals surface area contributed by atoms with Crippen LogP contribution in [0.2, 0.25) is 0 Å². The summed E-state index contributed by atoms with van der Waals surface area (Å²) in [4.78, 5) is 72.8. The van der Waals surface area contributed by atoms with Gasteiger partial charge in [0.05, 0.1) is 26.4 Å². The number of unbranched alkanes of at least 4 members (excludes halogenated alkanes) is 50. The van der Waals surface area contributed by atoms with Gasteiger partial charge < -0.3 is 33.8 Å². The molecule has 0 heterocycles. The number of hydrogen-bond donors (Lipinski definition) is 3. The quantitative estimate of drug-likeness (QED) is 0.0222. The molecule has 0 fully saturated rings. The summed E-state index contributed by atoms with van der Waals surface area (Å²) in [6, 6.07) is 0. The third-order valence-electron chi connectivity index (χ3n) is 17.6. The predicted octanol–water partition coefficient (Wildman–Crippen LogP) is 22.2. The molecule has 0 aromatic rings. The topological polar surface area (TPSA) is 237 Å². The summed E-state index contributed by atoms with van der Waals surface area (Å²) in [7, 11) is -9.90. The van der Waals surface area contributed by atoms with Gasteiger partial charge in [0.25, 0.3) is 0 Å². The highest BCUT2D eigenvalue weighted by Gasteiger charge is 2.30. The summed E-state index contributed by atoms with van der Waals surface area (Å²) in [6.45, 7) is 4.98. The first kappa shape index (κ1) is 92.1. The molecule has 0 bridgehead atoms. The van der Waals surface area contributed by atoms with Crippen molar-refractivity contribution in [3.05, 3.63) is 0 Å². The van der Waals surface area contributed by atoms with Crippen molar-refractivity contribution >= 4 is 39.5 Å². The van der Waals surface area contributed by atoms with Gasteiger partial charge in [-0.05, 0) is 25.7 Å². The fourth-order valence-electron chi connectivity index (χ4n) is 11.6. The number of phosphoric ester groups is 2. The van der Waals surface area contributed by atoms with Crippen LogP contribution in [0.4, 0.5) is 0 Å². The van der Waals surface area contributed by atoms with Crippen molar-refractivity contribution in [1.29, 1.82) is 0 Å². The summed E-state index contributed by atoms with van der Waals surface area (Å²) in [5, 5.41) is 10.6. The second-order valence-corrected chi connectivity index (χ2v) is 29.9. The molecule has 2 unspecified atom stereocenters. The molecule has 558 valence electrons. The van der Waals surface area contributed by atoms with E-state index in [-0.39, 0.29) is 25.7 Å². The molecule has 0 aromatic carbocycles. The molecule has 0 amide bonds. The minimum atomic E-state index is -4.95. The lowest BCUT2D eigenvalue weighted by atomic mass is 10.0. The van der Waals surface area contributed by atoms with Crippen LogP contribution < -0.4 is 0 Å². The summed E-state index contributed by atoms with van der Waals surface area (Å²) < 4.78 is 68.5. The minimum Gasteiger partial charge on any atom is -0.462 e. The van der Waals surface area contributed by atoms with Crippen LogP contribution in [0.25, 0.3) is 0 Å². The molecule has 17 nitrogen and oxygen atoms in total. The maximum absolute atomic E-state index is 13.1. The van der Waals surface area contributed by atoms with Gasteiger partial charge in [-0.15, -0.1) is 0 Å². The van der Waals surface area contributed by atoms with Gasteiger partial charge in [-0.1, -0.05) is 349 Å². The molecule has 0 saturated heterocycles. The number of esters is 4. The molecule has 94 heavy (non-hydrogen) atoms. The van der Waals surface area contributed by atoms with Gasteiger partial charge in [-0.25, -0.2) is 9.13 Å². The zero-order chi connectivity index (χ0) is 69.0. The van der Waals surface area contributed by atoms with E-state index >= 15 is 0 Å². The number of phosphoric acid groups is 2. The number of hydrogen-bond acceptors (Lipinski definition) is 15. The summed E-state index contributed by atoms with van der Waals surface area (Å²) in [5.41, 5.74) is 0. The Labute approximate surface area is 575 Å². The van der Waals surface area contributed by atoms with E-state index in [1.807, 2.05) is 0 Å². The molecule has 19 heteroatoms. The molecule has 0 aromatic heterocycles. The molecular formula is C75H146O17P2. The van der Waals surface area contributed by atoms with Crippen LogP contribution in [0.15, 0.2) is 0 Å². The Morgan fingerprint density at radius 3 is 0.628 bits per heavy atom. The standard InChI is InChI=1S/C75H146O17P2/c1-5-9-13-17-21-25-29-32-34-36-38-41-44-48-52-56-60-73(78)86-66-71(92-75(80)62-58-54-50-46-42-39-37-35-33-30-26-22-18-14-10-6-2)68-90-94(83,84)88-64-69(76)63-87-93(81,82)89-67-70(65-85-72(77)59-55-51-47-43-28-24-20-16-12-8-4)91-74(79)61-57-53-49-45-40-31-27-23-19-15-11-7-3/h69-71,76H,5-68H2,1-4H3,(H,81,82)(H,83,84)/t69-,70+,71+/m0/s1. The molecule has 5 atom stereocenters. The van der Waals surface area contributed by atoms with Crippen LogP contribution in [0.3, 0.4) is 0 Å². The van der Waals surface area contributed by atoms with Crippen LogP contribution in [0, 0.1) is 0 Å². The van der Waals surface area contributed by atoms with E-state index in [4.69, 9.17) is 37.0 Å². The molecule has 0 aliphatic rings. The average molecular weight is 1380 g/mol. The van der Waals surface area contributed by atoms with E-state index in [9.17, 15) is 43.2 Å². The van der Waals surface area contributed by atoms with Gasteiger partial charge in [0, 0.05) is 25.7 Å². The highest BCUT2D eigenvalue weighted by atomic mass is 31.2. The smallest absolute Gasteiger partial charge is 0.462 e. The molecule has 0 aliphatic heterocycles. The van der Waals surface area contributed by atoms with Crippen LogP contribution in [0.1, 0.15) is 400 Å². The largest absolute Gasteiger partial charge is 0.472 e. The monoisotopic (exact) mass is 1380 g/mol. The Morgan fingerprint density at radius 1 is 0.255 bits per heavy atom. The highest BCUT2D eigenvalue weighted by molar-refractivity contribution is 7.47. The van der Waals surface area contributed by atoms with E-state index in [2.05, 4.69) is 27.7 Å². The summed E-state index contributed by atoms with van der Waals surface area (Å²) in [5.74, 6) is -2.11. The molecule has 0 rings (SSSR count). The number of aliphatic hydroxyl groups is 1. The van der Waals surface area contributed by atoms with Gasteiger partial charge in [0.2, 0.25) is 0 Å². The maximum Gasteiger partial charge on any atom is 0.472 e. The zero-order valence-corrected chi connectivity index (χ0v) is 62.7. The lowest BCUT2D eigenvalue weighted by Crippen LogP contribution is -2.30. The van der Waals surface area contributed by atoms with Crippen molar-refractivity contribution in [2.24, 2.45) is 0 Å². The Morgan fingerprint density at radius 2 is 0.426 bits per heavy atom. The van der Waals surface area contributed by atoms with Crippen molar-refractivity contribution in [3.8, 4) is 0 Å². The maximum atomic E-state index is 13.1. The van der Waals surface area contributed by atoms with Crippen molar-refractivity contribution in [2.45, 2.75) is 418 Å². The first-order valence-electron chi connectivity index (χ1n) is 39.3. The number of carbonyl (C=O) groups is 4. The zero-order valence-electron chi connectivity index (χ0n) is 60.9. The molecular weight excluding hydrogens is 1230 g/mol. The Hall–Kier alpha value is -1.94. The summed E-state index contributed by atoms with van der Waals surface area (Å²) >= 11 is 0. The van der Waals surface area contributed by atoms with Crippen molar-refractivity contribution in [3.63, 3.8) is 0 Å². The van der Waals surface area contributed by atoms with Crippen LogP contribution >= 0.6 is 15.6 Å². The first-order valence-corrected chi connectivity index (χ1v) is 42.3. The normalized spacial score (nSPS) is 13.9. The number of ether oxygens (including phenoxy) is 4. The van der Waals surface area contributed by atoms with Crippen LogP contribution in [-0.2, 0) is 65.4 Å². The van der Waals surface area contributed by atoms with E-state index in [1.54, 1.807) is 0 Å². The van der Waals surface area contributed by atoms with Gasteiger partial charge in [0.15, 0.2) is 12.2 Å². The predicted molar refractivity (Wildman–Crippen MR) is 382 cm³/mol. The SMILES string of the molecule is CCCCCCCCCCCCCCCCCCC(=O)OC[C@H](COP(=O)(O)OC[C@@H](O)COP(=O)(O)OC[C@@H](COC(=O)CCCCCCCCCCCC)OC(=O)CCCCCCCCCCCCCC)OC(=O)CCCCCCCCCCCCCCCCCC. The Bertz CT molecular complexity index is 1790. The lowest BCUT2D eigenvalue weighted by molar-refractivity contribution is -0.161. The molecule has 3 N–H and O–H groups in total. The number of carbonyl (C=O) groups excluding carboxylic acids is 4. The second-order valence-electron chi connectivity index (χ2n) is 27.0. The molecule has 0 spiro atoms. The van der Waals surface area contributed by atoms with E-state index in [1.165, 1.54) is 231 Å². The molecule has 0 radical (unpaired) electrons. The van der Waals surface area contributed by atoms with Gasteiger partial charge in [-0.2, -0.15) is 0 Å². The number of aliphatic hydroxyl groups excluding tert-OH is 1. The molecule has 0 aliphatic carbocycles. The Balaban J connectivity index is 5.23. The van der Waals surface area contributed by atoms with Crippen LogP contribution in [0.5, 0.6) is 0 Å². The van der Waals surface area contributed by atoms with E-state index in [0.29, 0.717) is 25.7 Å². The molecule has 0 saturated carbocycles. The lowest BCUT2D eigenvalue weighted by Gasteiger charge is -2.21. The Kier molecular flexibility index (Phi) is 68.1. The van der Waals surface area contributed by atoms with Crippen molar-refractivity contribution < 1.29 is 80.2 Å². The fourth-order valence-corrected chi connectivity index (χ4v) is 13.2. The highest BCUT2D eigenvalue weighted by Crippen LogP contribution is 2.45. The average Bonchev–Trinajstić information content (AvgIpc) is 1.29. The number of rotatable bonds is 76. The van der Waals surface area contributed by atoms with Crippen molar-refractivity contribution in [2.75, 3.05) is 39.6 Å². The third-order valence-corrected chi connectivity index (χ3v) is 19.5. The first-order chi connectivity index (χ1) is 45.7. The van der Waals surface area contributed by atoms with Gasteiger partial charge >= 0.3 is 39.5 Å². The second kappa shape index (κ2) is 69.5. The van der Waals surface area contributed by atoms with Crippen molar-refractivity contribution in [1.82, 2.24) is 0 Å². The van der Waals surface area contributed by atoms with Gasteiger partial charge in [0.1, 0.15) is 19.3 Å². The van der Waals surface area contributed by atoms with E-state index in [0.717, 1.165) is 89.9 Å². The third kappa shape index (κ3) is 68.6. The summed E-state index contributed by atoms with van der Waals surface area (Å²) in [6.07, 6.45) is 59.5. The van der Waals surface area contributed by atoms with Crippen LogP contribution in [-0.4, -0.2) is 96.7 Å².